The van der Waals surface area contributed by atoms with Gasteiger partial charge in [0.15, 0.2) is 10.9 Å². The van der Waals surface area contributed by atoms with Gasteiger partial charge in [0.1, 0.15) is 5.75 Å². The predicted octanol–water partition coefficient (Wildman–Crippen LogP) is 3.23. The third-order valence-electron chi connectivity index (χ3n) is 4.10. The summed E-state index contributed by atoms with van der Waals surface area (Å²) in [4.78, 5) is 12.2. The third kappa shape index (κ3) is 2.68. The molecule has 0 saturated heterocycles. The first-order chi connectivity index (χ1) is 11.0. The highest BCUT2D eigenvalue weighted by molar-refractivity contribution is 7.80. The van der Waals surface area contributed by atoms with Crippen LogP contribution in [0, 0.1) is 0 Å². The topological polar surface area (TPSA) is 50.4 Å². The zero-order chi connectivity index (χ0) is 16.6. The van der Waals surface area contributed by atoms with E-state index in [4.69, 9.17) is 17.0 Å². The van der Waals surface area contributed by atoms with Crippen LogP contribution in [0.1, 0.15) is 25.5 Å². The van der Waals surface area contributed by atoms with Gasteiger partial charge < -0.3 is 15.4 Å². The van der Waals surface area contributed by atoms with Gasteiger partial charge in [-0.25, -0.2) is 0 Å². The van der Waals surface area contributed by atoms with E-state index in [0.717, 1.165) is 27.8 Å². The number of methoxy groups -OCH3 is 1. The Labute approximate surface area is 140 Å². The van der Waals surface area contributed by atoms with Gasteiger partial charge in [0.2, 0.25) is 0 Å². The molecule has 4 nitrogen and oxygen atoms in total. The van der Waals surface area contributed by atoms with Crippen LogP contribution < -0.4 is 15.4 Å². The van der Waals surface area contributed by atoms with Crippen molar-refractivity contribution in [3.63, 3.8) is 0 Å². The number of allylic oxidation sites excluding steroid dienone is 1. The minimum atomic E-state index is -0.267. The Hall–Kier alpha value is -2.40. The van der Waals surface area contributed by atoms with Crippen molar-refractivity contribution < 1.29 is 9.53 Å². The molecule has 1 heterocycles. The van der Waals surface area contributed by atoms with E-state index in [1.165, 1.54) is 0 Å². The van der Waals surface area contributed by atoms with Crippen molar-refractivity contribution in [2.75, 3.05) is 7.11 Å². The summed E-state index contributed by atoms with van der Waals surface area (Å²) in [5, 5.41) is 8.84. The lowest BCUT2D eigenvalue weighted by Crippen LogP contribution is -2.44. The van der Waals surface area contributed by atoms with Gasteiger partial charge in [-0.2, -0.15) is 0 Å². The van der Waals surface area contributed by atoms with Crippen LogP contribution in [0.4, 0.5) is 0 Å². The number of carbonyl (C=O) groups excluding carboxylic acids is 1. The van der Waals surface area contributed by atoms with Crippen LogP contribution in [-0.2, 0) is 4.79 Å². The Kier molecular flexibility index (Phi) is 4.05. The largest absolute Gasteiger partial charge is 0.496 e. The Morgan fingerprint density at radius 3 is 2.52 bits per heavy atom. The molecule has 1 aliphatic rings. The lowest BCUT2D eigenvalue weighted by Gasteiger charge is -2.30. The van der Waals surface area contributed by atoms with Crippen molar-refractivity contribution >= 4 is 33.9 Å². The Morgan fingerprint density at radius 2 is 1.87 bits per heavy atom. The summed E-state index contributed by atoms with van der Waals surface area (Å²) in [5.41, 5.74) is 2.51. The van der Waals surface area contributed by atoms with Crippen molar-refractivity contribution in [3.8, 4) is 5.75 Å². The van der Waals surface area contributed by atoms with Crippen molar-refractivity contribution in [2.45, 2.75) is 19.9 Å². The number of rotatable bonds is 3. The molecule has 3 rings (SSSR count). The van der Waals surface area contributed by atoms with Crippen molar-refractivity contribution in [2.24, 2.45) is 0 Å². The molecule has 0 amide bonds. The standard InChI is InChI=1S/C18H18N2O2S/c1-10-16(11(2)21)17(20-18(23)19-10)14-8-9-15(22-3)13-7-5-4-6-12(13)14/h4-9,17H,1-3H3,(H2,19,20,23)/t17-/m0/s1. The summed E-state index contributed by atoms with van der Waals surface area (Å²) < 4.78 is 5.45. The van der Waals surface area contributed by atoms with Crippen LogP contribution >= 0.6 is 12.2 Å². The molecule has 5 heteroatoms. The molecule has 0 saturated carbocycles. The summed E-state index contributed by atoms with van der Waals surface area (Å²) in [7, 11) is 1.66. The van der Waals surface area contributed by atoms with Gasteiger partial charge in [-0.3, -0.25) is 4.79 Å². The highest BCUT2D eigenvalue weighted by Gasteiger charge is 2.29. The molecule has 2 aromatic carbocycles. The maximum Gasteiger partial charge on any atom is 0.171 e. The normalized spacial score (nSPS) is 17.7. The minimum Gasteiger partial charge on any atom is -0.496 e. The maximum absolute atomic E-state index is 12.2. The van der Waals surface area contributed by atoms with Gasteiger partial charge in [0.05, 0.1) is 13.2 Å². The zero-order valence-corrected chi connectivity index (χ0v) is 14.1. The molecule has 23 heavy (non-hydrogen) atoms. The molecule has 0 bridgehead atoms. The highest BCUT2D eigenvalue weighted by Crippen LogP contribution is 2.35. The summed E-state index contributed by atoms with van der Waals surface area (Å²) in [6.45, 7) is 3.46. The number of carbonyl (C=O) groups is 1. The Balaban J connectivity index is 2.25. The monoisotopic (exact) mass is 326 g/mol. The second-order valence-corrected chi connectivity index (χ2v) is 5.94. The van der Waals surface area contributed by atoms with Crippen molar-refractivity contribution in [1.29, 1.82) is 0 Å². The average molecular weight is 326 g/mol. The molecule has 0 unspecified atom stereocenters. The molecule has 2 N–H and O–H groups in total. The fourth-order valence-electron chi connectivity index (χ4n) is 3.12. The smallest absolute Gasteiger partial charge is 0.171 e. The molecular weight excluding hydrogens is 308 g/mol. The summed E-state index contributed by atoms with van der Waals surface area (Å²) in [6, 6.07) is 11.7. The van der Waals surface area contributed by atoms with Crippen LogP contribution in [0.15, 0.2) is 47.7 Å². The number of Topliss-reactive ketones (excluding diaryl/α,β-unsaturated/α-hetero) is 1. The Morgan fingerprint density at radius 1 is 1.17 bits per heavy atom. The molecule has 1 aliphatic heterocycles. The first-order valence-electron chi connectivity index (χ1n) is 7.37. The second kappa shape index (κ2) is 6.01. The number of nitrogens with one attached hydrogen (secondary N) is 2. The van der Waals surface area contributed by atoms with E-state index in [2.05, 4.69) is 10.6 Å². The summed E-state index contributed by atoms with van der Waals surface area (Å²) in [5.74, 6) is 0.834. The van der Waals surface area contributed by atoms with Crippen LogP contribution in [0.2, 0.25) is 0 Å². The quantitative estimate of drug-likeness (QED) is 0.848. The van der Waals surface area contributed by atoms with Crippen molar-refractivity contribution in [3.05, 3.63) is 53.2 Å². The van der Waals surface area contributed by atoms with E-state index in [0.29, 0.717) is 10.7 Å². The molecule has 118 valence electrons. The number of benzene rings is 2. The maximum atomic E-state index is 12.2. The zero-order valence-electron chi connectivity index (χ0n) is 13.3. The molecule has 0 fully saturated rings. The first-order valence-corrected chi connectivity index (χ1v) is 7.78. The van der Waals surface area contributed by atoms with E-state index in [-0.39, 0.29) is 11.8 Å². The fourth-order valence-corrected chi connectivity index (χ4v) is 3.39. The Bertz CT molecular complexity index is 842. The molecule has 0 spiro atoms. The lowest BCUT2D eigenvalue weighted by molar-refractivity contribution is -0.114. The molecule has 2 aromatic rings. The summed E-state index contributed by atoms with van der Waals surface area (Å²) in [6.07, 6.45) is 0. The van der Waals surface area contributed by atoms with Gasteiger partial charge >= 0.3 is 0 Å². The predicted molar refractivity (Wildman–Crippen MR) is 95.5 cm³/mol. The highest BCUT2D eigenvalue weighted by atomic mass is 32.1. The number of thiocarbonyl (C=S) groups is 1. The van der Waals surface area contributed by atoms with Gasteiger partial charge in [0, 0.05) is 16.7 Å². The molecule has 0 aromatic heterocycles. The molecule has 0 radical (unpaired) electrons. The van der Waals surface area contributed by atoms with Crippen LogP contribution in [0.25, 0.3) is 10.8 Å². The minimum absolute atomic E-state index is 0.0231. The number of fused-ring (bicyclic) bond motifs is 1. The number of ether oxygens (including phenoxy) is 1. The fraction of sp³-hybridized carbons (Fsp3) is 0.222. The van der Waals surface area contributed by atoms with Crippen molar-refractivity contribution in [1.82, 2.24) is 10.6 Å². The van der Waals surface area contributed by atoms with Gasteiger partial charge in [-0.15, -0.1) is 0 Å². The lowest BCUT2D eigenvalue weighted by atomic mass is 9.89. The van der Waals surface area contributed by atoms with Gasteiger partial charge in [0.25, 0.3) is 0 Å². The average Bonchev–Trinajstić information content (AvgIpc) is 2.52. The number of hydrogen-bond acceptors (Lipinski definition) is 3. The first kappa shape index (κ1) is 15.5. The molecule has 1 atom stereocenters. The summed E-state index contributed by atoms with van der Waals surface area (Å²) >= 11 is 5.28. The number of hydrogen-bond donors (Lipinski definition) is 2. The van der Waals surface area contributed by atoms with Gasteiger partial charge in [-0.1, -0.05) is 30.3 Å². The van der Waals surface area contributed by atoms with Crippen LogP contribution in [0.3, 0.4) is 0 Å². The van der Waals surface area contributed by atoms with Crippen LogP contribution in [0.5, 0.6) is 5.75 Å². The van der Waals surface area contributed by atoms with E-state index in [1.54, 1.807) is 14.0 Å². The van der Waals surface area contributed by atoms with E-state index < -0.39 is 0 Å². The molecular formula is C18H18N2O2S. The van der Waals surface area contributed by atoms with Gasteiger partial charge in [-0.05, 0) is 43.1 Å². The number of ketones is 1. The van der Waals surface area contributed by atoms with E-state index >= 15 is 0 Å². The third-order valence-corrected chi connectivity index (χ3v) is 4.32. The van der Waals surface area contributed by atoms with Crippen LogP contribution in [-0.4, -0.2) is 18.0 Å². The SMILES string of the molecule is COc1ccc([C@@H]2NC(=S)NC(C)=C2C(C)=O)c2ccccc12. The van der Waals surface area contributed by atoms with E-state index in [9.17, 15) is 4.79 Å². The molecule has 0 aliphatic carbocycles. The second-order valence-electron chi connectivity index (χ2n) is 5.53. The van der Waals surface area contributed by atoms with E-state index in [1.807, 2.05) is 43.3 Å².